The number of hydrogen-bond acceptors (Lipinski definition) is 6. The Morgan fingerprint density at radius 2 is 1.84 bits per heavy atom. The van der Waals surface area contributed by atoms with Gasteiger partial charge in [0.25, 0.3) is 21.8 Å². The molecule has 1 atom stereocenters. The summed E-state index contributed by atoms with van der Waals surface area (Å²) in [5, 5.41) is 2.56. The SMILES string of the molecule is C=C1CCC(N2C(=O)c3ccc(NS(=O)(=O)c4cc(Br)ccc4OC)cc3C2=O)C(=O)N1. The molecule has 1 fully saturated rings. The van der Waals surface area contributed by atoms with Crippen LogP contribution >= 0.6 is 15.9 Å². The van der Waals surface area contributed by atoms with Crippen molar-refractivity contribution in [3.63, 3.8) is 0 Å². The number of rotatable bonds is 5. The first-order chi connectivity index (χ1) is 15.1. The number of piperidine rings is 1. The standard InChI is InChI=1S/C21H18BrN3O6S/c1-11-3-7-16(19(26)23-11)25-20(27)14-6-5-13(10-15(14)21(25)28)24-32(29,30)18-9-12(22)4-8-17(18)31-2/h4-6,8-10,16,24H,1,3,7H2,2H3,(H,23,26). The maximum absolute atomic E-state index is 13.0. The van der Waals surface area contributed by atoms with Gasteiger partial charge in [0, 0.05) is 15.9 Å². The second-order valence-electron chi connectivity index (χ2n) is 7.29. The Balaban J connectivity index is 1.64. The second kappa shape index (κ2) is 8.06. The highest BCUT2D eigenvalue weighted by atomic mass is 79.9. The molecule has 2 aliphatic heterocycles. The van der Waals surface area contributed by atoms with Crippen molar-refractivity contribution in [3.8, 4) is 5.75 Å². The van der Waals surface area contributed by atoms with Crippen molar-refractivity contribution in [2.75, 3.05) is 11.8 Å². The minimum absolute atomic E-state index is 0.0219. The van der Waals surface area contributed by atoms with Crippen LogP contribution in [0.25, 0.3) is 0 Å². The normalized spacial score (nSPS) is 18.4. The van der Waals surface area contributed by atoms with Crippen LogP contribution in [0.3, 0.4) is 0 Å². The summed E-state index contributed by atoms with van der Waals surface area (Å²) in [6, 6.07) is 7.63. The number of carbonyl (C=O) groups is 3. The summed E-state index contributed by atoms with van der Waals surface area (Å²) in [4.78, 5) is 38.9. The Kier molecular flexibility index (Phi) is 5.55. The number of carbonyl (C=O) groups excluding carboxylic acids is 3. The second-order valence-corrected chi connectivity index (χ2v) is 9.86. The monoisotopic (exact) mass is 519 g/mol. The van der Waals surface area contributed by atoms with E-state index >= 15 is 0 Å². The molecule has 2 heterocycles. The summed E-state index contributed by atoms with van der Waals surface area (Å²) in [7, 11) is -2.71. The van der Waals surface area contributed by atoms with Crippen LogP contribution in [0.2, 0.25) is 0 Å². The zero-order valence-corrected chi connectivity index (χ0v) is 19.2. The molecule has 32 heavy (non-hydrogen) atoms. The molecule has 0 aliphatic carbocycles. The van der Waals surface area contributed by atoms with Crippen molar-refractivity contribution in [3.05, 3.63) is 64.3 Å². The average molecular weight is 520 g/mol. The molecule has 3 amide bonds. The number of amides is 3. The van der Waals surface area contributed by atoms with Crippen molar-refractivity contribution >= 4 is 49.4 Å². The molecular formula is C21H18BrN3O6S. The number of fused-ring (bicyclic) bond motifs is 1. The van der Waals surface area contributed by atoms with E-state index in [9.17, 15) is 22.8 Å². The van der Waals surface area contributed by atoms with Crippen LogP contribution in [0, 0.1) is 0 Å². The van der Waals surface area contributed by atoms with E-state index in [1.54, 1.807) is 6.07 Å². The molecule has 0 aromatic heterocycles. The summed E-state index contributed by atoms with van der Waals surface area (Å²) in [6.45, 7) is 3.69. The molecule has 9 nitrogen and oxygen atoms in total. The van der Waals surface area contributed by atoms with Crippen LogP contribution in [0.15, 0.2) is 58.0 Å². The van der Waals surface area contributed by atoms with Crippen LogP contribution < -0.4 is 14.8 Å². The van der Waals surface area contributed by atoms with Crippen LogP contribution in [-0.4, -0.2) is 44.2 Å². The molecule has 0 saturated carbocycles. The van der Waals surface area contributed by atoms with E-state index in [0.29, 0.717) is 16.6 Å². The van der Waals surface area contributed by atoms with Crippen LogP contribution in [0.4, 0.5) is 5.69 Å². The summed E-state index contributed by atoms with van der Waals surface area (Å²) in [5.41, 5.74) is 0.751. The molecule has 2 aromatic rings. The predicted octanol–water partition coefficient (Wildman–Crippen LogP) is 2.65. The summed E-state index contributed by atoms with van der Waals surface area (Å²) >= 11 is 3.24. The van der Waals surface area contributed by atoms with E-state index in [1.807, 2.05) is 0 Å². The largest absolute Gasteiger partial charge is 0.495 e. The van der Waals surface area contributed by atoms with E-state index in [0.717, 1.165) is 4.90 Å². The fourth-order valence-electron chi connectivity index (χ4n) is 3.69. The van der Waals surface area contributed by atoms with Crippen molar-refractivity contribution in [2.24, 2.45) is 0 Å². The molecule has 166 valence electrons. The molecule has 0 spiro atoms. The van der Waals surface area contributed by atoms with Gasteiger partial charge in [-0.05, 0) is 49.2 Å². The van der Waals surface area contributed by atoms with Crippen molar-refractivity contribution in [1.82, 2.24) is 10.2 Å². The Labute approximate surface area is 192 Å². The maximum atomic E-state index is 13.0. The maximum Gasteiger partial charge on any atom is 0.265 e. The molecule has 2 aromatic carbocycles. The number of hydrogen-bond donors (Lipinski definition) is 2. The van der Waals surface area contributed by atoms with E-state index in [2.05, 4.69) is 32.5 Å². The van der Waals surface area contributed by atoms with E-state index in [4.69, 9.17) is 4.74 Å². The Morgan fingerprint density at radius 3 is 2.53 bits per heavy atom. The number of benzene rings is 2. The van der Waals surface area contributed by atoms with Gasteiger partial charge in [-0.3, -0.25) is 24.0 Å². The molecule has 0 bridgehead atoms. The predicted molar refractivity (Wildman–Crippen MR) is 119 cm³/mol. The summed E-state index contributed by atoms with van der Waals surface area (Å²) < 4.78 is 33.9. The number of methoxy groups -OCH3 is 1. The number of allylic oxidation sites excluding steroid dienone is 1. The fraction of sp³-hybridized carbons (Fsp3) is 0.190. The number of nitrogens with zero attached hydrogens (tertiary/aromatic N) is 1. The summed E-state index contributed by atoms with van der Waals surface area (Å²) in [5.74, 6) is -1.58. The Bertz CT molecular complexity index is 1290. The van der Waals surface area contributed by atoms with E-state index in [1.165, 1.54) is 37.4 Å². The van der Waals surface area contributed by atoms with Crippen molar-refractivity contribution < 1.29 is 27.5 Å². The minimum atomic E-state index is -4.06. The highest BCUT2D eigenvalue weighted by Crippen LogP contribution is 2.32. The van der Waals surface area contributed by atoms with Gasteiger partial charge in [0.15, 0.2) is 0 Å². The van der Waals surface area contributed by atoms with Gasteiger partial charge in [0.05, 0.1) is 18.2 Å². The molecule has 2 N–H and O–H groups in total. The smallest absolute Gasteiger partial charge is 0.265 e. The number of ether oxygens (including phenoxy) is 1. The third kappa shape index (κ3) is 3.78. The molecule has 4 rings (SSSR count). The zero-order chi connectivity index (χ0) is 23.2. The zero-order valence-electron chi connectivity index (χ0n) is 16.8. The third-order valence-corrected chi connectivity index (χ3v) is 7.11. The van der Waals surface area contributed by atoms with Gasteiger partial charge >= 0.3 is 0 Å². The van der Waals surface area contributed by atoms with Gasteiger partial charge < -0.3 is 10.1 Å². The van der Waals surface area contributed by atoms with Gasteiger partial charge in [-0.15, -0.1) is 0 Å². The highest BCUT2D eigenvalue weighted by Gasteiger charge is 2.44. The molecule has 11 heteroatoms. The first-order valence-corrected chi connectivity index (χ1v) is 11.8. The number of nitrogens with one attached hydrogen (secondary N) is 2. The fourth-order valence-corrected chi connectivity index (χ4v) is 5.44. The van der Waals surface area contributed by atoms with E-state index in [-0.39, 0.29) is 33.9 Å². The van der Waals surface area contributed by atoms with Gasteiger partial charge in [0.2, 0.25) is 5.91 Å². The van der Waals surface area contributed by atoms with Crippen molar-refractivity contribution in [1.29, 1.82) is 0 Å². The minimum Gasteiger partial charge on any atom is -0.495 e. The number of anilines is 1. The van der Waals surface area contributed by atoms with Gasteiger partial charge in [-0.2, -0.15) is 0 Å². The lowest BCUT2D eigenvalue weighted by atomic mass is 10.0. The molecule has 0 radical (unpaired) electrons. The summed E-state index contributed by atoms with van der Waals surface area (Å²) in [6.07, 6.45) is 0.724. The van der Waals surface area contributed by atoms with Crippen LogP contribution in [-0.2, 0) is 14.8 Å². The van der Waals surface area contributed by atoms with Crippen LogP contribution in [0.1, 0.15) is 33.6 Å². The van der Waals surface area contributed by atoms with Crippen LogP contribution in [0.5, 0.6) is 5.75 Å². The quantitative estimate of drug-likeness (QED) is 0.585. The number of sulfonamides is 1. The lowest BCUT2D eigenvalue weighted by Gasteiger charge is -2.29. The topological polar surface area (TPSA) is 122 Å². The lowest BCUT2D eigenvalue weighted by molar-refractivity contribution is -0.125. The molecular weight excluding hydrogens is 502 g/mol. The molecule has 2 aliphatic rings. The van der Waals surface area contributed by atoms with E-state index < -0.39 is 33.8 Å². The molecule has 1 saturated heterocycles. The number of imide groups is 1. The van der Waals surface area contributed by atoms with Crippen molar-refractivity contribution in [2.45, 2.75) is 23.8 Å². The van der Waals surface area contributed by atoms with Gasteiger partial charge in [-0.25, -0.2) is 8.42 Å². The van der Waals surface area contributed by atoms with Gasteiger partial charge in [-0.1, -0.05) is 22.5 Å². The first-order valence-electron chi connectivity index (χ1n) is 9.49. The third-order valence-electron chi connectivity index (χ3n) is 5.22. The molecule has 1 unspecified atom stereocenters. The lowest BCUT2D eigenvalue weighted by Crippen LogP contribution is -2.51. The highest BCUT2D eigenvalue weighted by molar-refractivity contribution is 9.10. The first kappa shape index (κ1) is 22.0. The average Bonchev–Trinajstić information content (AvgIpc) is 2.98. The Hall–Kier alpha value is -3.18. The number of halogens is 1. The Morgan fingerprint density at radius 1 is 1.12 bits per heavy atom. The van der Waals surface area contributed by atoms with Gasteiger partial charge in [0.1, 0.15) is 16.7 Å².